The van der Waals surface area contributed by atoms with Crippen molar-refractivity contribution < 1.29 is 4.79 Å². The zero-order chi connectivity index (χ0) is 15.7. The highest BCUT2D eigenvalue weighted by molar-refractivity contribution is 6.12. The topological polar surface area (TPSA) is 95.8 Å². The Kier molecular flexibility index (Phi) is 3.42. The minimum atomic E-state index is -0.228. The van der Waals surface area contributed by atoms with E-state index in [9.17, 15) is 4.79 Å². The Balaban J connectivity index is 2.00. The van der Waals surface area contributed by atoms with Gasteiger partial charge in [0.1, 0.15) is 5.65 Å². The summed E-state index contributed by atoms with van der Waals surface area (Å²) in [6, 6.07) is 7.31. The number of aromatic amines is 1. The number of anilines is 3. The molecule has 1 aromatic carbocycles. The quantitative estimate of drug-likeness (QED) is 0.559. The molecule has 0 aliphatic rings. The monoisotopic (exact) mass is 295 g/mol. The van der Waals surface area contributed by atoms with Crippen LogP contribution in [0.4, 0.5) is 17.1 Å². The number of nitrogens with two attached hydrogens (primary N) is 1. The summed E-state index contributed by atoms with van der Waals surface area (Å²) in [5, 5.41) is 6.84. The van der Waals surface area contributed by atoms with E-state index < -0.39 is 0 Å². The molecule has 0 saturated carbocycles. The molecule has 22 heavy (non-hydrogen) atoms. The van der Waals surface area contributed by atoms with Crippen molar-refractivity contribution in [2.45, 2.75) is 6.92 Å². The van der Waals surface area contributed by atoms with Gasteiger partial charge in [-0.1, -0.05) is 6.07 Å². The van der Waals surface area contributed by atoms with Gasteiger partial charge in [0.25, 0.3) is 5.91 Å². The third kappa shape index (κ3) is 2.35. The van der Waals surface area contributed by atoms with Crippen molar-refractivity contribution in [2.24, 2.45) is 0 Å². The average Bonchev–Trinajstić information content (AvgIpc) is 2.98. The van der Waals surface area contributed by atoms with Gasteiger partial charge >= 0.3 is 0 Å². The second-order valence-electron chi connectivity index (χ2n) is 5.07. The van der Waals surface area contributed by atoms with Crippen LogP contribution in [0.1, 0.15) is 15.9 Å². The molecule has 2 aromatic heterocycles. The van der Waals surface area contributed by atoms with Gasteiger partial charge in [0.15, 0.2) is 0 Å². The molecule has 0 atom stereocenters. The number of fused-ring (bicyclic) bond motifs is 1. The molecule has 0 fully saturated rings. The number of carbonyl (C=O) groups excluding carboxylic acids is 1. The number of rotatable bonds is 3. The van der Waals surface area contributed by atoms with Gasteiger partial charge in [-0.25, -0.2) is 4.98 Å². The number of pyridine rings is 1. The zero-order valence-electron chi connectivity index (χ0n) is 12.4. The number of benzene rings is 1. The largest absolute Gasteiger partial charge is 0.399 e. The molecule has 6 heteroatoms. The van der Waals surface area contributed by atoms with Crippen molar-refractivity contribution in [1.82, 2.24) is 9.97 Å². The van der Waals surface area contributed by atoms with E-state index in [1.807, 2.05) is 19.1 Å². The Hall–Kier alpha value is -3.02. The van der Waals surface area contributed by atoms with Crippen LogP contribution in [0.3, 0.4) is 0 Å². The molecule has 5 N–H and O–H groups in total. The summed E-state index contributed by atoms with van der Waals surface area (Å²) in [6.45, 7) is 1.92. The summed E-state index contributed by atoms with van der Waals surface area (Å²) >= 11 is 0. The van der Waals surface area contributed by atoms with Crippen LogP contribution in [0, 0.1) is 6.92 Å². The van der Waals surface area contributed by atoms with E-state index in [4.69, 9.17) is 5.73 Å². The molecule has 3 aromatic rings. The lowest BCUT2D eigenvalue weighted by atomic mass is 10.1. The van der Waals surface area contributed by atoms with Crippen LogP contribution in [-0.4, -0.2) is 22.9 Å². The van der Waals surface area contributed by atoms with E-state index in [1.54, 1.807) is 31.6 Å². The van der Waals surface area contributed by atoms with Crippen LogP contribution >= 0.6 is 0 Å². The fourth-order valence-electron chi connectivity index (χ4n) is 2.41. The van der Waals surface area contributed by atoms with Gasteiger partial charge in [0.2, 0.25) is 0 Å². The zero-order valence-corrected chi connectivity index (χ0v) is 12.4. The van der Waals surface area contributed by atoms with Crippen molar-refractivity contribution in [2.75, 3.05) is 23.4 Å². The molecule has 0 radical (unpaired) electrons. The summed E-state index contributed by atoms with van der Waals surface area (Å²) < 4.78 is 0. The summed E-state index contributed by atoms with van der Waals surface area (Å²) in [5.74, 6) is -0.228. The Morgan fingerprint density at radius 2 is 2.14 bits per heavy atom. The van der Waals surface area contributed by atoms with Crippen molar-refractivity contribution in [1.29, 1.82) is 0 Å². The molecule has 112 valence electrons. The Morgan fingerprint density at radius 3 is 2.91 bits per heavy atom. The first-order valence-corrected chi connectivity index (χ1v) is 6.91. The van der Waals surface area contributed by atoms with Crippen LogP contribution < -0.4 is 16.4 Å². The highest BCUT2D eigenvalue weighted by atomic mass is 16.1. The lowest BCUT2D eigenvalue weighted by molar-refractivity contribution is 0.102. The molecule has 0 bridgehead atoms. The first-order chi connectivity index (χ1) is 10.6. The highest BCUT2D eigenvalue weighted by Crippen LogP contribution is 2.26. The number of nitrogen functional groups attached to an aromatic ring is 1. The Labute approximate surface area is 127 Å². The number of amides is 1. The molecule has 1 amide bonds. The number of H-pyrrole nitrogens is 1. The fourth-order valence-corrected chi connectivity index (χ4v) is 2.41. The summed E-state index contributed by atoms with van der Waals surface area (Å²) in [5.41, 5.74) is 9.99. The fraction of sp³-hybridized carbons (Fsp3) is 0.125. The number of nitrogens with one attached hydrogen (secondary N) is 3. The maximum Gasteiger partial charge on any atom is 0.259 e. The van der Waals surface area contributed by atoms with Crippen LogP contribution in [0.2, 0.25) is 0 Å². The second-order valence-corrected chi connectivity index (χ2v) is 5.07. The van der Waals surface area contributed by atoms with Gasteiger partial charge in [-0.2, -0.15) is 0 Å². The van der Waals surface area contributed by atoms with E-state index in [2.05, 4.69) is 20.6 Å². The van der Waals surface area contributed by atoms with Crippen molar-refractivity contribution in [3.05, 3.63) is 47.8 Å². The number of aryl methyl sites for hydroxylation is 1. The van der Waals surface area contributed by atoms with Gasteiger partial charge in [-0.05, 0) is 30.7 Å². The van der Waals surface area contributed by atoms with Gasteiger partial charge in [0, 0.05) is 36.2 Å². The number of hydrogen-bond acceptors (Lipinski definition) is 4. The van der Waals surface area contributed by atoms with Crippen LogP contribution in [-0.2, 0) is 0 Å². The first kappa shape index (κ1) is 13.9. The van der Waals surface area contributed by atoms with Gasteiger partial charge in [-0.15, -0.1) is 0 Å². The SMILES string of the molecule is CNc1c(C(=O)Nc2cc(N)ccc2C)cnc2[nH]ccc12. The molecule has 2 heterocycles. The summed E-state index contributed by atoms with van der Waals surface area (Å²) in [7, 11) is 1.78. The lowest BCUT2D eigenvalue weighted by Crippen LogP contribution is -2.15. The lowest BCUT2D eigenvalue weighted by Gasteiger charge is -2.12. The molecule has 0 aliphatic carbocycles. The Bertz CT molecular complexity index is 853. The normalized spacial score (nSPS) is 10.6. The van der Waals surface area contributed by atoms with E-state index in [-0.39, 0.29) is 5.91 Å². The van der Waals surface area contributed by atoms with E-state index in [0.29, 0.717) is 16.9 Å². The van der Waals surface area contributed by atoms with Crippen LogP contribution in [0.15, 0.2) is 36.7 Å². The summed E-state index contributed by atoms with van der Waals surface area (Å²) in [6.07, 6.45) is 3.35. The molecule has 0 unspecified atom stereocenters. The standard InChI is InChI=1S/C16H17N5O/c1-9-3-4-10(17)7-13(9)21-16(22)12-8-20-15-11(5-6-19-15)14(12)18-2/h3-8H,17H2,1-2H3,(H,21,22)(H2,18,19,20). The van der Waals surface area contributed by atoms with Gasteiger partial charge in [0.05, 0.1) is 11.3 Å². The maximum atomic E-state index is 12.6. The maximum absolute atomic E-state index is 12.6. The van der Waals surface area contributed by atoms with E-state index >= 15 is 0 Å². The van der Waals surface area contributed by atoms with Crippen molar-refractivity contribution in [3.63, 3.8) is 0 Å². The smallest absolute Gasteiger partial charge is 0.259 e. The van der Waals surface area contributed by atoms with Crippen molar-refractivity contribution >= 4 is 34.0 Å². The third-order valence-corrected chi connectivity index (χ3v) is 3.59. The average molecular weight is 295 g/mol. The molecule has 0 aliphatic heterocycles. The number of hydrogen-bond donors (Lipinski definition) is 4. The van der Waals surface area contributed by atoms with E-state index in [1.165, 1.54) is 0 Å². The van der Waals surface area contributed by atoms with Gasteiger partial charge < -0.3 is 21.4 Å². The van der Waals surface area contributed by atoms with Crippen LogP contribution in [0.5, 0.6) is 0 Å². The molecule has 6 nitrogen and oxygen atoms in total. The third-order valence-electron chi connectivity index (χ3n) is 3.59. The van der Waals surface area contributed by atoms with Crippen molar-refractivity contribution in [3.8, 4) is 0 Å². The first-order valence-electron chi connectivity index (χ1n) is 6.91. The molecule has 0 spiro atoms. The molecule has 3 rings (SSSR count). The predicted octanol–water partition coefficient (Wildman–Crippen LogP) is 2.75. The molecular formula is C16H17N5O. The highest BCUT2D eigenvalue weighted by Gasteiger charge is 2.16. The number of aromatic nitrogens is 2. The summed E-state index contributed by atoms with van der Waals surface area (Å²) in [4.78, 5) is 19.9. The molecular weight excluding hydrogens is 278 g/mol. The number of nitrogens with zero attached hydrogens (tertiary/aromatic N) is 1. The predicted molar refractivity (Wildman–Crippen MR) is 89.2 cm³/mol. The Morgan fingerprint density at radius 1 is 1.32 bits per heavy atom. The van der Waals surface area contributed by atoms with Gasteiger partial charge in [-0.3, -0.25) is 4.79 Å². The van der Waals surface area contributed by atoms with Crippen LogP contribution in [0.25, 0.3) is 11.0 Å². The second kappa shape index (κ2) is 5.40. The minimum Gasteiger partial charge on any atom is -0.399 e. The minimum absolute atomic E-state index is 0.228. The molecule has 0 saturated heterocycles. The number of carbonyl (C=O) groups is 1. The van der Waals surface area contributed by atoms with E-state index in [0.717, 1.165) is 22.3 Å².